The topological polar surface area (TPSA) is 125 Å². The number of nitrogens with zero attached hydrogens (tertiary/aromatic N) is 2. The number of amides is 2. The average Bonchev–Trinajstić information content (AvgIpc) is 3.19. The van der Waals surface area contributed by atoms with E-state index < -0.39 is 30.0 Å². The molecule has 6 rings (SSSR count). The van der Waals surface area contributed by atoms with E-state index in [1.54, 1.807) is 39.4 Å². The molecule has 2 aliphatic rings. The summed E-state index contributed by atoms with van der Waals surface area (Å²) in [5.41, 5.74) is 3.66. The molecule has 14 heteroatoms. The molecule has 2 amide bonds. The number of ether oxygens (including phenoxy) is 7. The average molecular weight is 851 g/mol. The lowest BCUT2D eigenvalue weighted by Crippen LogP contribution is -2.49. The van der Waals surface area contributed by atoms with Gasteiger partial charge in [0.15, 0.2) is 0 Å². The number of carbonyl (C=O) groups excluding carboxylic acids is 2. The number of methoxy groups -OCH3 is 1. The van der Waals surface area contributed by atoms with Crippen LogP contribution in [-0.2, 0) is 27.4 Å². The monoisotopic (exact) mass is 850 g/mol. The number of aliphatic hydroxyl groups is 1. The summed E-state index contributed by atoms with van der Waals surface area (Å²) in [6.07, 6.45) is 1.71. The van der Waals surface area contributed by atoms with Gasteiger partial charge in [0.25, 0.3) is 0 Å². The number of anilines is 2. The van der Waals surface area contributed by atoms with Crippen LogP contribution in [0.25, 0.3) is 6.08 Å². The summed E-state index contributed by atoms with van der Waals surface area (Å²) < 4.78 is 39.0. The Morgan fingerprint density at radius 2 is 1.17 bits per heavy atom. The zero-order valence-corrected chi connectivity index (χ0v) is 38.5. The maximum atomic E-state index is 12.5. The number of benzene rings is 4. The zero-order chi connectivity index (χ0) is 41.3. The molecule has 0 aromatic heterocycles. The second-order valence-electron chi connectivity index (χ2n) is 14.7. The molecule has 0 bridgehead atoms. The summed E-state index contributed by atoms with van der Waals surface area (Å²) in [4.78, 5) is 27.8. The largest absolute Gasteiger partial charge is 0.494 e. The van der Waals surface area contributed by atoms with Gasteiger partial charge in [0.1, 0.15) is 59.6 Å². The van der Waals surface area contributed by atoms with Gasteiger partial charge in [0, 0.05) is 43.7 Å². The normalized spacial score (nSPS) is 16.3. The third kappa shape index (κ3) is 12.6. The van der Waals surface area contributed by atoms with E-state index in [0.29, 0.717) is 30.2 Å². The Kier molecular flexibility index (Phi) is 17.6. The Morgan fingerprint density at radius 3 is 1.64 bits per heavy atom. The first-order chi connectivity index (χ1) is 27.1. The molecule has 2 heterocycles. The fourth-order valence-corrected chi connectivity index (χ4v) is 6.16. The molecule has 4 aromatic rings. The van der Waals surface area contributed by atoms with Crippen LogP contribution < -0.4 is 28.7 Å². The first-order valence-corrected chi connectivity index (χ1v) is 18.9. The van der Waals surface area contributed by atoms with Gasteiger partial charge < -0.3 is 38.3 Å². The lowest BCUT2D eigenvalue weighted by atomic mass is 9.88. The fourth-order valence-electron chi connectivity index (χ4n) is 6.16. The molecule has 2 aliphatic heterocycles. The lowest BCUT2D eigenvalue weighted by Gasteiger charge is -2.41. The highest BCUT2D eigenvalue weighted by atomic mass is 31.0. The number of aliphatic hydroxyl groups excluding tert-OH is 1. The number of hydrogen-bond donors (Lipinski definition) is 1. The van der Waals surface area contributed by atoms with E-state index in [2.05, 4.69) is 0 Å². The van der Waals surface area contributed by atoms with Crippen LogP contribution in [0.2, 0.25) is 0 Å². The predicted molar refractivity (Wildman–Crippen MR) is 242 cm³/mol. The van der Waals surface area contributed by atoms with Crippen molar-refractivity contribution in [3.63, 3.8) is 0 Å². The Morgan fingerprint density at radius 1 is 0.695 bits per heavy atom. The van der Waals surface area contributed by atoms with Gasteiger partial charge in [-0.2, -0.15) is 19.8 Å². The molecule has 0 fully saturated rings. The Bertz CT molecular complexity index is 2020. The van der Waals surface area contributed by atoms with Gasteiger partial charge in [0.05, 0.1) is 13.2 Å². The molecule has 4 aromatic carbocycles. The highest BCUT2D eigenvalue weighted by molar-refractivity contribution is 6.92. The van der Waals surface area contributed by atoms with Crippen molar-refractivity contribution in [2.24, 2.45) is 0 Å². The van der Waals surface area contributed by atoms with Crippen LogP contribution in [0, 0.1) is 0 Å². The minimum absolute atomic E-state index is 0. The van der Waals surface area contributed by atoms with E-state index in [1.165, 1.54) is 9.80 Å². The Hall–Kier alpha value is -4.86. The number of rotatable bonds is 11. The van der Waals surface area contributed by atoms with E-state index in [0.717, 1.165) is 39.6 Å². The van der Waals surface area contributed by atoms with Crippen molar-refractivity contribution in [1.29, 1.82) is 0 Å². The molecule has 4 unspecified atom stereocenters. The molecular weight excluding hydrogens is 790 g/mol. The van der Waals surface area contributed by atoms with Crippen LogP contribution >= 0.6 is 19.8 Å². The van der Waals surface area contributed by atoms with Crippen molar-refractivity contribution in [2.75, 3.05) is 44.2 Å². The maximum Gasteiger partial charge on any atom is 0.414 e. The quantitative estimate of drug-likeness (QED) is 0.146. The summed E-state index contributed by atoms with van der Waals surface area (Å²) in [6.45, 7) is 13.1. The lowest BCUT2D eigenvalue weighted by molar-refractivity contribution is -0.124. The molecule has 320 valence electrons. The second-order valence-corrected chi connectivity index (χ2v) is 14.7. The molecule has 1 N–H and O–H groups in total. The first kappa shape index (κ1) is 48.5. The molecule has 0 spiro atoms. The summed E-state index contributed by atoms with van der Waals surface area (Å²) in [7, 11) is 4.87. The van der Waals surface area contributed by atoms with Crippen LogP contribution in [0.4, 0.5) is 21.0 Å². The number of hydrogen-bond acceptors (Lipinski definition) is 10. The van der Waals surface area contributed by atoms with Gasteiger partial charge in [-0.3, -0.25) is 9.80 Å². The number of carbonyl (C=O) groups is 2. The van der Waals surface area contributed by atoms with Crippen molar-refractivity contribution in [1.82, 2.24) is 0 Å². The third-order valence-corrected chi connectivity index (χ3v) is 9.47. The van der Waals surface area contributed by atoms with Gasteiger partial charge in [-0.05, 0) is 119 Å². The molecule has 59 heavy (non-hydrogen) atoms. The molecule has 0 aliphatic carbocycles. The molecule has 0 radical (unpaired) electrons. The van der Waals surface area contributed by atoms with Gasteiger partial charge >= 0.3 is 12.2 Å². The smallest absolute Gasteiger partial charge is 0.414 e. The standard InChI is InChI=1S/C23H29NO6.C22H25NO4.2H3P/c1-6-28-17-10-7-15(8-11-17)14-29-22(26)24(4)16-9-12-19-18(13-16)20(27-5)21(25)23(2,3)30-19;1-5-25-19-9-6-16(7-10-19)15-26-21(24)23(4)18-8-11-20-17(14-18)12-13-22(2,3)27-20;;/h7-13,20-21,25H,6,14H2,1-5H3;6-14H,5,15H2,1-4H3;2*1H3. The fraction of sp³-hybridized carbons (Fsp3) is 0.378. The summed E-state index contributed by atoms with van der Waals surface area (Å²) >= 11 is 0. The van der Waals surface area contributed by atoms with E-state index in [4.69, 9.17) is 33.2 Å². The third-order valence-electron chi connectivity index (χ3n) is 9.47. The Labute approximate surface area is 355 Å². The van der Waals surface area contributed by atoms with Crippen LogP contribution in [0.5, 0.6) is 23.0 Å². The van der Waals surface area contributed by atoms with Crippen LogP contribution in [-0.4, -0.2) is 69.0 Å². The van der Waals surface area contributed by atoms with E-state index >= 15 is 0 Å². The van der Waals surface area contributed by atoms with Gasteiger partial charge in [-0.1, -0.05) is 30.3 Å². The summed E-state index contributed by atoms with van der Waals surface area (Å²) in [5.74, 6) is 3.01. The van der Waals surface area contributed by atoms with Crippen molar-refractivity contribution >= 4 is 49.4 Å². The Balaban J connectivity index is 0.000000306. The van der Waals surface area contributed by atoms with Crippen LogP contribution in [0.1, 0.15) is 69.9 Å². The van der Waals surface area contributed by atoms with E-state index in [-0.39, 0.29) is 38.6 Å². The molecular formula is C45H60N2O10P2. The summed E-state index contributed by atoms with van der Waals surface area (Å²) in [5, 5.41) is 10.6. The van der Waals surface area contributed by atoms with Crippen LogP contribution in [0.15, 0.2) is 91.0 Å². The van der Waals surface area contributed by atoms with Gasteiger partial charge in [0.2, 0.25) is 0 Å². The van der Waals surface area contributed by atoms with E-state index in [1.807, 2.05) is 120 Å². The van der Waals surface area contributed by atoms with Crippen molar-refractivity contribution in [2.45, 2.75) is 78.2 Å². The molecule has 12 nitrogen and oxygen atoms in total. The predicted octanol–water partition coefficient (Wildman–Crippen LogP) is 9.24. The first-order valence-electron chi connectivity index (χ1n) is 18.9. The van der Waals surface area contributed by atoms with Gasteiger partial charge in [-0.15, -0.1) is 0 Å². The van der Waals surface area contributed by atoms with Crippen molar-refractivity contribution in [3.8, 4) is 23.0 Å². The molecule has 0 saturated heterocycles. The summed E-state index contributed by atoms with van der Waals surface area (Å²) in [6, 6.07) is 25.9. The SMILES string of the molecule is CCOc1ccc(COC(=O)N(C)c2ccc3c(c2)C(OC)C(O)C(C)(C)O3)cc1.CCOc1ccc(COC(=O)N(C)c2ccc3c(c2)C=CC(C)(C)O3)cc1.P.P. The number of fused-ring (bicyclic) bond motifs is 2. The highest BCUT2D eigenvalue weighted by Crippen LogP contribution is 2.43. The van der Waals surface area contributed by atoms with Crippen molar-refractivity contribution in [3.05, 3.63) is 113 Å². The minimum atomic E-state index is -0.845. The van der Waals surface area contributed by atoms with Crippen LogP contribution in [0.3, 0.4) is 0 Å². The maximum absolute atomic E-state index is 12.5. The van der Waals surface area contributed by atoms with E-state index in [9.17, 15) is 14.7 Å². The molecule has 0 saturated carbocycles. The second kappa shape index (κ2) is 21.4. The molecule has 4 atom stereocenters. The zero-order valence-electron chi connectivity index (χ0n) is 35.7. The minimum Gasteiger partial charge on any atom is -0.494 e. The van der Waals surface area contributed by atoms with Crippen molar-refractivity contribution < 1.29 is 47.9 Å². The van der Waals surface area contributed by atoms with Gasteiger partial charge in [-0.25, -0.2) is 9.59 Å². The highest BCUT2D eigenvalue weighted by Gasteiger charge is 2.43.